The number of nitrogens with zero attached hydrogens (tertiary/aromatic N) is 2. The Kier molecular flexibility index (Phi) is 6.87. The fourth-order valence-electron chi connectivity index (χ4n) is 3.56. The summed E-state index contributed by atoms with van der Waals surface area (Å²) in [4.78, 5) is 32.9. The van der Waals surface area contributed by atoms with Crippen molar-refractivity contribution in [3.8, 4) is 0 Å². The van der Waals surface area contributed by atoms with Gasteiger partial charge in [-0.15, -0.1) is 11.3 Å². The Bertz CT molecular complexity index is 1130. The number of amidine groups is 1. The maximum absolute atomic E-state index is 13.1. The molecule has 2 amide bonds. The average molecular weight is 467 g/mol. The number of amides is 2. The molecule has 0 saturated heterocycles. The Labute approximate surface area is 195 Å². The predicted octanol–water partition coefficient (Wildman–Crippen LogP) is 5.14. The molecule has 0 spiro atoms. The summed E-state index contributed by atoms with van der Waals surface area (Å²) in [5.74, 6) is 0.324. The number of hydrogen-bond acceptors (Lipinski definition) is 5. The van der Waals surface area contributed by atoms with Crippen LogP contribution >= 0.6 is 22.9 Å². The number of carbonyl (C=O) groups is 2. The zero-order valence-corrected chi connectivity index (χ0v) is 19.1. The van der Waals surface area contributed by atoms with Crippen LogP contribution in [0.4, 0.5) is 11.4 Å². The first-order valence-corrected chi connectivity index (χ1v) is 11.5. The number of benzene rings is 2. The molecule has 2 N–H and O–H groups in total. The van der Waals surface area contributed by atoms with E-state index in [2.05, 4.69) is 20.5 Å². The van der Waals surface area contributed by atoms with Crippen LogP contribution in [0.5, 0.6) is 0 Å². The van der Waals surface area contributed by atoms with Gasteiger partial charge in [0.1, 0.15) is 11.9 Å². The van der Waals surface area contributed by atoms with Crippen molar-refractivity contribution >= 4 is 52.0 Å². The molecular formula is C24H23ClN4O2S. The molecule has 1 unspecified atom stereocenters. The van der Waals surface area contributed by atoms with E-state index in [1.807, 2.05) is 61.5 Å². The number of anilines is 2. The van der Waals surface area contributed by atoms with E-state index in [0.29, 0.717) is 20.5 Å². The van der Waals surface area contributed by atoms with Gasteiger partial charge in [0.2, 0.25) is 0 Å². The normalized spacial score (nSPS) is 14.4. The number of nitrogens with one attached hydrogen (secondary N) is 2. The van der Waals surface area contributed by atoms with E-state index >= 15 is 0 Å². The zero-order chi connectivity index (χ0) is 22.5. The van der Waals surface area contributed by atoms with E-state index in [4.69, 9.17) is 11.6 Å². The van der Waals surface area contributed by atoms with Crippen molar-refractivity contribution in [3.05, 3.63) is 81.5 Å². The minimum Gasteiger partial charge on any atom is -0.336 e. The van der Waals surface area contributed by atoms with E-state index in [0.717, 1.165) is 31.0 Å². The van der Waals surface area contributed by atoms with Gasteiger partial charge in [0, 0.05) is 24.5 Å². The van der Waals surface area contributed by atoms with Gasteiger partial charge >= 0.3 is 0 Å². The minimum absolute atomic E-state index is 0.323. The highest BCUT2D eigenvalue weighted by Gasteiger charge is 2.24. The van der Waals surface area contributed by atoms with Gasteiger partial charge < -0.3 is 15.5 Å². The van der Waals surface area contributed by atoms with Gasteiger partial charge in [0.15, 0.2) is 0 Å². The molecule has 1 aliphatic rings. The summed E-state index contributed by atoms with van der Waals surface area (Å²) in [5, 5.41) is 5.75. The summed E-state index contributed by atoms with van der Waals surface area (Å²) in [5.41, 5.74) is 2.38. The maximum Gasteiger partial charge on any atom is 0.262 e. The predicted molar refractivity (Wildman–Crippen MR) is 131 cm³/mol. The highest BCUT2D eigenvalue weighted by Crippen LogP contribution is 2.24. The molecule has 0 bridgehead atoms. The molecule has 3 aromatic rings. The van der Waals surface area contributed by atoms with Crippen molar-refractivity contribution in [2.75, 3.05) is 23.3 Å². The lowest BCUT2D eigenvalue weighted by molar-refractivity contribution is -0.118. The van der Waals surface area contributed by atoms with Gasteiger partial charge in [-0.3, -0.25) is 14.6 Å². The van der Waals surface area contributed by atoms with E-state index in [9.17, 15) is 9.59 Å². The third-order valence-corrected chi connectivity index (χ3v) is 6.42. The Morgan fingerprint density at radius 3 is 2.47 bits per heavy atom. The van der Waals surface area contributed by atoms with E-state index in [-0.39, 0.29) is 11.8 Å². The number of aliphatic imine (C=N–C) groups is 1. The highest BCUT2D eigenvalue weighted by molar-refractivity contribution is 7.18. The summed E-state index contributed by atoms with van der Waals surface area (Å²) in [7, 11) is 0. The fraction of sp³-hybridized carbons (Fsp3) is 0.208. The number of thiophene rings is 1. The number of hydrogen-bond donors (Lipinski definition) is 2. The van der Waals surface area contributed by atoms with Gasteiger partial charge in [0.25, 0.3) is 11.8 Å². The molecule has 1 aliphatic heterocycles. The van der Waals surface area contributed by atoms with Gasteiger partial charge in [-0.1, -0.05) is 41.9 Å². The molecule has 6 nitrogen and oxygen atoms in total. The maximum atomic E-state index is 13.1. The molecule has 0 fully saturated rings. The number of rotatable bonds is 6. The second-order valence-electron chi connectivity index (χ2n) is 7.39. The summed E-state index contributed by atoms with van der Waals surface area (Å²) in [6.45, 7) is 3.79. The summed E-state index contributed by atoms with van der Waals surface area (Å²) < 4.78 is 0.518. The van der Waals surface area contributed by atoms with Crippen molar-refractivity contribution in [2.24, 2.45) is 4.99 Å². The van der Waals surface area contributed by atoms with E-state index in [1.165, 1.54) is 11.3 Å². The SMILES string of the molecule is CC1=NCCCN1c1ccc(NC(=O)C(NC(=O)c2ccc(Cl)s2)c2ccccc2)cc1. The summed E-state index contributed by atoms with van der Waals surface area (Å²) in [6, 6.07) is 19.3. The van der Waals surface area contributed by atoms with Crippen molar-refractivity contribution in [1.29, 1.82) is 0 Å². The van der Waals surface area contributed by atoms with Crippen LogP contribution in [-0.4, -0.2) is 30.7 Å². The highest BCUT2D eigenvalue weighted by atomic mass is 35.5. The van der Waals surface area contributed by atoms with Gasteiger partial charge in [0.05, 0.1) is 9.21 Å². The Hall–Kier alpha value is -3.16. The first-order chi connectivity index (χ1) is 15.5. The number of halogens is 1. The molecule has 1 atom stereocenters. The molecule has 2 aromatic carbocycles. The molecule has 1 aromatic heterocycles. The second-order valence-corrected chi connectivity index (χ2v) is 9.11. The molecule has 0 saturated carbocycles. The van der Waals surface area contributed by atoms with Crippen LogP contribution in [0.3, 0.4) is 0 Å². The van der Waals surface area contributed by atoms with Crippen molar-refractivity contribution < 1.29 is 9.59 Å². The van der Waals surface area contributed by atoms with Crippen LogP contribution in [0.1, 0.15) is 34.6 Å². The van der Waals surface area contributed by atoms with Crippen molar-refractivity contribution in [2.45, 2.75) is 19.4 Å². The molecule has 8 heteroatoms. The van der Waals surface area contributed by atoms with Crippen molar-refractivity contribution in [3.63, 3.8) is 0 Å². The third kappa shape index (κ3) is 5.18. The molecule has 4 rings (SSSR count). The monoisotopic (exact) mass is 466 g/mol. The molecule has 0 aliphatic carbocycles. The molecular weight excluding hydrogens is 444 g/mol. The van der Waals surface area contributed by atoms with Crippen LogP contribution in [0, 0.1) is 0 Å². The molecule has 0 radical (unpaired) electrons. The lowest BCUT2D eigenvalue weighted by Crippen LogP contribution is -2.36. The topological polar surface area (TPSA) is 73.8 Å². The molecule has 32 heavy (non-hydrogen) atoms. The van der Waals surface area contributed by atoms with E-state index < -0.39 is 6.04 Å². The van der Waals surface area contributed by atoms with E-state index in [1.54, 1.807) is 12.1 Å². The minimum atomic E-state index is -0.847. The lowest BCUT2D eigenvalue weighted by Gasteiger charge is -2.27. The van der Waals surface area contributed by atoms with Gasteiger partial charge in [-0.2, -0.15) is 0 Å². The van der Waals surface area contributed by atoms with Crippen LogP contribution < -0.4 is 15.5 Å². The Balaban J connectivity index is 1.50. The third-order valence-electron chi connectivity index (χ3n) is 5.19. The summed E-state index contributed by atoms with van der Waals surface area (Å²) >= 11 is 7.13. The quantitative estimate of drug-likeness (QED) is 0.528. The first-order valence-electron chi connectivity index (χ1n) is 10.3. The van der Waals surface area contributed by atoms with Crippen LogP contribution in [0.2, 0.25) is 4.34 Å². The second kappa shape index (κ2) is 9.97. The van der Waals surface area contributed by atoms with Crippen LogP contribution in [0.15, 0.2) is 71.7 Å². The Morgan fingerprint density at radius 2 is 1.81 bits per heavy atom. The molecule has 164 valence electrons. The van der Waals surface area contributed by atoms with Crippen LogP contribution in [0.25, 0.3) is 0 Å². The van der Waals surface area contributed by atoms with Gasteiger partial charge in [-0.05, 0) is 55.3 Å². The summed E-state index contributed by atoms with van der Waals surface area (Å²) in [6.07, 6.45) is 1.02. The Morgan fingerprint density at radius 1 is 1.06 bits per heavy atom. The van der Waals surface area contributed by atoms with Crippen LogP contribution in [-0.2, 0) is 4.79 Å². The zero-order valence-electron chi connectivity index (χ0n) is 17.5. The van der Waals surface area contributed by atoms with Crippen molar-refractivity contribution in [1.82, 2.24) is 5.32 Å². The molecule has 2 heterocycles. The standard InChI is InChI=1S/C24H23ClN4O2S/c1-16-26-14-5-15-29(16)19-10-8-18(9-11-19)27-24(31)22(17-6-3-2-4-7-17)28-23(30)20-12-13-21(25)32-20/h2-4,6-13,22H,5,14-15H2,1H3,(H,27,31)(H,28,30). The first kappa shape index (κ1) is 22.0. The van der Waals surface area contributed by atoms with Gasteiger partial charge in [-0.25, -0.2) is 0 Å². The lowest BCUT2D eigenvalue weighted by atomic mass is 10.1. The average Bonchev–Trinajstić information content (AvgIpc) is 3.25. The fourth-order valence-corrected chi connectivity index (χ4v) is 4.50. The largest absolute Gasteiger partial charge is 0.336 e. The number of carbonyl (C=O) groups excluding carboxylic acids is 2. The smallest absolute Gasteiger partial charge is 0.262 e.